The first-order valence-electron chi connectivity index (χ1n) is 7.13. The number of hydrogen-bond donors (Lipinski definition) is 2. The van der Waals surface area contributed by atoms with Crippen molar-refractivity contribution in [3.8, 4) is 0 Å². The monoisotopic (exact) mass is 309 g/mol. The fraction of sp³-hybridized carbons (Fsp3) is 0.118. The first kappa shape index (κ1) is 14.8. The Kier molecular flexibility index (Phi) is 3.80. The van der Waals surface area contributed by atoms with E-state index in [1.165, 1.54) is 4.57 Å². The van der Waals surface area contributed by atoms with Crippen molar-refractivity contribution in [2.24, 2.45) is 0 Å². The lowest BCUT2D eigenvalue weighted by Crippen LogP contribution is -2.34. The van der Waals surface area contributed by atoms with E-state index >= 15 is 0 Å². The van der Waals surface area contributed by atoms with E-state index in [-0.39, 0.29) is 12.5 Å². The number of benzene rings is 2. The summed E-state index contributed by atoms with van der Waals surface area (Å²) < 4.78 is 1.25. The molecule has 0 aliphatic rings. The number of aryl methyl sites for hydroxylation is 1. The molecule has 1 amide bonds. The number of aromatic amines is 1. The van der Waals surface area contributed by atoms with Crippen molar-refractivity contribution in [2.45, 2.75) is 13.5 Å². The summed E-state index contributed by atoms with van der Waals surface area (Å²) in [6.07, 6.45) is 0. The third-order valence-corrected chi connectivity index (χ3v) is 3.51. The minimum atomic E-state index is -0.604. The molecule has 1 aromatic heterocycles. The second kappa shape index (κ2) is 5.92. The average Bonchev–Trinajstić information content (AvgIpc) is 2.51. The lowest BCUT2D eigenvalue weighted by atomic mass is 10.2. The van der Waals surface area contributed by atoms with Gasteiger partial charge in [-0.15, -0.1) is 0 Å². The number of para-hydroxylation sites is 1. The number of carbonyl (C=O) groups excluding carboxylic acids is 1. The highest BCUT2D eigenvalue weighted by Crippen LogP contribution is 2.10. The van der Waals surface area contributed by atoms with Gasteiger partial charge in [-0.1, -0.05) is 24.3 Å². The van der Waals surface area contributed by atoms with Gasteiger partial charge in [-0.2, -0.15) is 0 Å². The second-order valence-electron chi connectivity index (χ2n) is 5.28. The summed E-state index contributed by atoms with van der Waals surface area (Å²) in [7, 11) is 0. The van der Waals surface area contributed by atoms with E-state index in [4.69, 9.17) is 0 Å². The molecule has 0 atom stereocenters. The lowest BCUT2D eigenvalue weighted by molar-refractivity contribution is -0.116. The van der Waals surface area contributed by atoms with Gasteiger partial charge in [0.1, 0.15) is 6.54 Å². The summed E-state index contributed by atoms with van der Waals surface area (Å²) in [4.78, 5) is 38.3. The van der Waals surface area contributed by atoms with Gasteiger partial charge in [0.25, 0.3) is 5.56 Å². The minimum absolute atomic E-state index is 0.177. The zero-order chi connectivity index (χ0) is 16.4. The van der Waals surface area contributed by atoms with E-state index < -0.39 is 11.2 Å². The molecule has 1 heterocycles. The largest absolute Gasteiger partial charge is 0.329 e. The summed E-state index contributed by atoms with van der Waals surface area (Å²) in [6, 6.07) is 14.1. The summed E-state index contributed by atoms with van der Waals surface area (Å²) in [5.41, 5.74) is 1.06. The normalized spacial score (nSPS) is 10.7. The van der Waals surface area contributed by atoms with Crippen molar-refractivity contribution in [3.05, 3.63) is 74.9 Å². The predicted octanol–water partition coefficient (Wildman–Crippen LogP) is 1.64. The second-order valence-corrected chi connectivity index (χ2v) is 5.28. The third kappa shape index (κ3) is 3.06. The number of carbonyl (C=O) groups is 1. The quantitative estimate of drug-likeness (QED) is 0.771. The van der Waals surface area contributed by atoms with Gasteiger partial charge in [-0.05, 0) is 36.8 Å². The molecule has 3 rings (SSSR count). The molecule has 2 aromatic carbocycles. The van der Waals surface area contributed by atoms with Crippen molar-refractivity contribution >= 4 is 22.5 Å². The maximum atomic E-state index is 12.2. The summed E-state index contributed by atoms with van der Waals surface area (Å²) >= 11 is 0. The van der Waals surface area contributed by atoms with Crippen LogP contribution in [0.4, 0.5) is 5.69 Å². The summed E-state index contributed by atoms with van der Waals surface area (Å²) in [6.45, 7) is 1.75. The standard InChI is InChI=1S/C17H15N3O3/c1-11-5-4-6-12(9-11)18-15(21)10-20-14-8-3-2-7-13(14)16(22)19-17(20)23/h2-9H,10H2,1H3,(H,18,21)(H,19,22,23). The Morgan fingerprint density at radius 3 is 2.70 bits per heavy atom. The Morgan fingerprint density at radius 2 is 1.91 bits per heavy atom. The van der Waals surface area contributed by atoms with E-state index in [0.29, 0.717) is 16.6 Å². The molecule has 0 aliphatic carbocycles. The molecule has 0 unspecified atom stereocenters. The molecule has 0 spiro atoms. The van der Waals surface area contributed by atoms with Gasteiger partial charge in [0.2, 0.25) is 5.91 Å². The Balaban J connectivity index is 1.94. The predicted molar refractivity (Wildman–Crippen MR) is 88.6 cm³/mol. The first-order valence-corrected chi connectivity index (χ1v) is 7.13. The maximum Gasteiger partial charge on any atom is 0.329 e. The number of nitrogens with zero attached hydrogens (tertiary/aromatic N) is 1. The molecule has 0 saturated heterocycles. The molecule has 2 N–H and O–H groups in total. The van der Waals surface area contributed by atoms with E-state index in [1.54, 1.807) is 30.3 Å². The van der Waals surface area contributed by atoms with Gasteiger partial charge >= 0.3 is 5.69 Å². The molecule has 0 aliphatic heterocycles. The van der Waals surface area contributed by atoms with E-state index in [0.717, 1.165) is 5.56 Å². The SMILES string of the molecule is Cc1cccc(NC(=O)Cn2c(=O)[nH]c(=O)c3ccccc32)c1. The molecule has 23 heavy (non-hydrogen) atoms. The van der Waals surface area contributed by atoms with Crippen LogP contribution in [-0.4, -0.2) is 15.5 Å². The highest BCUT2D eigenvalue weighted by molar-refractivity contribution is 5.91. The highest BCUT2D eigenvalue weighted by Gasteiger charge is 2.10. The van der Waals surface area contributed by atoms with E-state index in [9.17, 15) is 14.4 Å². The summed E-state index contributed by atoms with van der Waals surface area (Å²) in [5.74, 6) is -0.338. The van der Waals surface area contributed by atoms with Crippen molar-refractivity contribution in [1.29, 1.82) is 0 Å². The van der Waals surface area contributed by atoms with Crippen LogP contribution in [0.1, 0.15) is 5.56 Å². The van der Waals surface area contributed by atoms with Crippen molar-refractivity contribution < 1.29 is 4.79 Å². The van der Waals surface area contributed by atoms with Crippen molar-refractivity contribution in [3.63, 3.8) is 0 Å². The molecule has 0 saturated carbocycles. The van der Waals surface area contributed by atoms with Gasteiger partial charge in [0.05, 0.1) is 10.9 Å². The van der Waals surface area contributed by atoms with Crippen molar-refractivity contribution in [1.82, 2.24) is 9.55 Å². The van der Waals surface area contributed by atoms with Gasteiger partial charge < -0.3 is 5.32 Å². The van der Waals surface area contributed by atoms with E-state index in [2.05, 4.69) is 10.3 Å². The van der Waals surface area contributed by atoms with Gasteiger partial charge in [-0.3, -0.25) is 19.1 Å². The molecule has 6 nitrogen and oxygen atoms in total. The molecule has 3 aromatic rings. The Labute approximate surface area is 131 Å². The van der Waals surface area contributed by atoms with Gasteiger partial charge in [0.15, 0.2) is 0 Å². The number of amides is 1. The molecule has 0 fully saturated rings. The van der Waals surface area contributed by atoms with Crippen LogP contribution in [0.2, 0.25) is 0 Å². The molecular weight excluding hydrogens is 294 g/mol. The zero-order valence-corrected chi connectivity index (χ0v) is 12.5. The lowest BCUT2D eigenvalue weighted by Gasteiger charge is -2.10. The molecule has 6 heteroatoms. The van der Waals surface area contributed by atoms with Crippen LogP contribution < -0.4 is 16.6 Å². The topological polar surface area (TPSA) is 84.0 Å². The van der Waals surface area contributed by atoms with E-state index in [1.807, 2.05) is 25.1 Å². The highest BCUT2D eigenvalue weighted by atomic mass is 16.2. The van der Waals surface area contributed by atoms with Gasteiger partial charge in [-0.25, -0.2) is 4.79 Å². The number of nitrogens with one attached hydrogen (secondary N) is 2. The fourth-order valence-corrected chi connectivity index (χ4v) is 2.47. The zero-order valence-electron chi connectivity index (χ0n) is 12.5. The molecule has 0 radical (unpaired) electrons. The van der Waals surface area contributed by atoms with Crippen LogP contribution >= 0.6 is 0 Å². The minimum Gasteiger partial charge on any atom is -0.325 e. The molecular formula is C17H15N3O3. The van der Waals surface area contributed by atoms with Crippen LogP contribution in [-0.2, 0) is 11.3 Å². The number of hydrogen-bond acceptors (Lipinski definition) is 3. The number of anilines is 1. The Morgan fingerprint density at radius 1 is 1.13 bits per heavy atom. The van der Waals surface area contributed by atoms with Crippen LogP contribution in [0.15, 0.2) is 58.1 Å². The Bertz CT molecular complexity index is 1000. The summed E-state index contributed by atoms with van der Waals surface area (Å²) in [5, 5.41) is 3.12. The number of H-pyrrole nitrogens is 1. The maximum absolute atomic E-state index is 12.2. The first-order chi connectivity index (χ1) is 11.0. The number of rotatable bonds is 3. The van der Waals surface area contributed by atoms with Crippen LogP contribution in [0.3, 0.4) is 0 Å². The third-order valence-electron chi connectivity index (χ3n) is 3.51. The molecule has 116 valence electrons. The number of aromatic nitrogens is 2. The Hall–Kier alpha value is -3.15. The smallest absolute Gasteiger partial charge is 0.325 e. The molecule has 0 bridgehead atoms. The van der Waals surface area contributed by atoms with Crippen LogP contribution in [0.25, 0.3) is 10.9 Å². The number of fused-ring (bicyclic) bond motifs is 1. The fourth-order valence-electron chi connectivity index (χ4n) is 2.47. The van der Waals surface area contributed by atoms with Crippen LogP contribution in [0.5, 0.6) is 0 Å². The average molecular weight is 309 g/mol. The van der Waals surface area contributed by atoms with Crippen LogP contribution in [0, 0.1) is 6.92 Å². The van der Waals surface area contributed by atoms with Crippen molar-refractivity contribution in [2.75, 3.05) is 5.32 Å². The van der Waals surface area contributed by atoms with Gasteiger partial charge in [0, 0.05) is 5.69 Å².